The lowest BCUT2D eigenvalue weighted by Crippen LogP contribution is -2.19. The highest BCUT2D eigenvalue weighted by Gasteiger charge is 2.02. The van der Waals surface area contributed by atoms with Crippen LogP contribution in [0.25, 0.3) is 5.65 Å². The maximum atomic E-state index is 4.94. The lowest BCUT2D eigenvalue weighted by molar-refractivity contribution is 0.199. The first-order valence-electron chi connectivity index (χ1n) is 4.90. The smallest absolute Gasteiger partial charge is 0.160 e. The van der Waals surface area contributed by atoms with Gasteiger partial charge in [0, 0.05) is 19.9 Å². The molecule has 0 amide bonds. The molecule has 2 aromatic heterocycles. The third-order valence-electron chi connectivity index (χ3n) is 2.15. The van der Waals surface area contributed by atoms with E-state index in [2.05, 4.69) is 15.5 Å². The molecule has 0 aliphatic heterocycles. The van der Waals surface area contributed by atoms with Crippen LogP contribution in [0.1, 0.15) is 5.82 Å². The average molecular weight is 206 g/mol. The maximum absolute atomic E-state index is 4.94. The summed E-state index contributed by atoms with van der Waals surface area (Å²) in [5.74, 6) is 0.918. The van der Waals surface area contributed by atoms with Gasteiger partial charge >= 0.3 is 0 Å². The van der Waals surface area contributed by atoms with Gasteiger partial charge in [0.25, 0.3) is 0 Å². The summed E-state index contributed by atoms with van der Waals surface area (Å²) in [5.41, 5.74) is 0.876. The molecule has 80 valence electrons. The molecule has 15 heavy (non-hydrogen) atoms. The first-order valence-corrected chi connectivity index (χ1v) is 4.90. The number of nitrogens with zero attached hydrogens (tertiary/aromatic N) is 3. The lowest BCUT2D eigenvalue weighted by atomic mass is 10.4. The summed E-state index contributed by atoms with van der Waals surface area (Å²) in [6.45, 7) is 2.23. The van der Waals surface area contributed by atoms with Gasteiger partial charge in [-0.25, -0.2) is 0 Å². The van der Waals surface area contributed by atoms with Gasteiger partial charge in [-0.05, 0) is 12.1 Å². The van der Waals surface area contributed by atoms with E-state index in [1.807, 2.05) is 28.8 Å². The van der Waals surface area contributed by atoms with Gasteiger partial charge in [-0.1, -0.05) is 6.07 Å². The Kier molecular flexibility index (Phi) is 3.26. The normalized spacial score (nSPS) is 11.0. The zero-order valence-electron chi connectivity index (χ0n) is 8.68. The van der Waals surface area contributed by atoms with Gasteiger partial charge in [-0.3, -0.25) is 4.40 Å². The molecule has 0 aliphatic carbocycles. The highest BCUT2D eigenvalue weighted by molar-refractivity contribution is 5.36. The van der Waals surface area contributed by atoms with Crippen molar-refractivity contribution in [1.29, 1.82) is 0 Å². The number of nitrogens with one attached hydrogen (secondary N) is 1. The van der Waals surface area contributed by atoms with E-state index in [1.54, 1.807) is 7.11 Å². The van der Waals surface area contributed by atoms with Crippen LogP contribution in [0, 0.1) is 0 Å². The number of fused-ring (bicyclic) bond motifs is 1. The van der Waals surface area contributed by atoms with Crippen molar-refractivity contribution in [2.75, 3.05) is 20.3 Å². The molecule has 0 radical (unpaired) electrons. The highest BCUT2D eigenvalue weighted by atomic mass is 16.5. The van der Waals surface area contributed by atoms with Crippen LogP contribution in [-0.2, 0) is 11.3 Å². The van der Waals surface area contributed by atoms with Gasteiger partial charge < -0.3 is 10.1 Å². The summed E-state index contributed by atoms with van der Waals surface area (Å²) >= 11 is 0. The Hall–Kier alpha value is -1.46. The highest BCUT2D eigenvalue weighted by Crippen LogP contribution is 2.01. The minimum absolute atomic E-state index is 0.703. The number of ether oxygens (including phenoxy) is 1. The van der Waals surface area contributed by atoms with E-state index >= 15 is 0 Å². The van der Waals surface area contributed by atoms with Crippen molar-refractivity contribution in [3.63, 3.8) is 0 Å². The SMILES string of the molecule is COCCNCc1nnc2ccccn12. The molecule has 2 rings (SSSR count). The molecule has 0 aromatic carbocycles. The van der Waals surface area contributed by atoms with Gasteiger partial charge in [0.1, 0.15) is 0 Å². The molecule has 0 fully saturated rings. The summed E-state index contributed by atoms with van der Waals surface area (Å²) in [7, 11) is 1.69. The van der Waals surface area contributed by atoms with E-state index in [-0.39, 0.29) is 0 Å². The molecule has 0 saturated carbocycles. The van der Waals surface area contributed by atoms with Crippen LogP contribution >= 0.6 is 0 Å². The molecule has 0 aliphatic rings. The first kappa shape index (κ1) is 10.1. The zero-order valence-corrected chi connectivity index (χ0v) is 8.68. The second-order valence-corrected chi connectivity index (χ2v) is 3.21. The lowest BCUT2D eigenvalue weighted by Gasteiger charge is -2.02. The molecular formula is C10H14N4O. The third-order valence-corrected chi connectivity index (χ3v) is 2.15. The molecule has 0 bridgehead atoms. The summed E-state index contributed by atoms with van der Waals surface area (Å²) in [6, 6.07) is 5.85. The summed E-state index contributed by atoms with van der Waals surface area (Å²) in [5, 5.41) is 11.4. The van der Waals surface area contributed by atoms with E-state index in [0.717, 1.165) is 18.0 Å². The van der Waals surface area contributed by atoms with Crippen LogP contribution in [0.4, 0.5) is 0 Å². The standard InChI is InChI=1S/C10H14N4O/c1-15-7-5-11-8-10-13-12-9-4-2-3-6-14(9)10/h2-4,6,11H,5,7-8H2,1H3. The van der Waals surface area contributed by atoms with Crippen molar-refractivity contribution in [2.24, 2.45) is 0 Å². The van der Waals surface area contributed by atoms with Crippen LogP contribution in [0.3, 0.4) is 0 Å². The molecule has 2 heterocycles. The number of hydrogen-bond acceptors (Lipinski definition) is 4. The molecule has 0 spiro atoms. The van der Waals surface area contributed by atoms with Gasteiger partial charge in [-0.15, -0.1) is 10.2 Å². The fourth-order valence-corrected chi connectivity index (χ4v) is 1.39. The molecule has 0 atom stereocenters. The maximum Gasteiger partial charge on any atom is 0.160 e. The van der Waals surface area contributed by atoms with E-state index in [9.17, 15) is 0 Å². The third kappa shape index (κ3) is 2.31. The second kappa shape index (κ2) is 4.86. The van der Waals surface area contributed by atoms with Crippen LogP contribution in [0.5, 0.6) is 0 Å². The topological polar surface area (TPSA) is 51.5 Å². The number of rotatable bonds is 5. The molecule has 1 N–H and O–H groups in total. The number of aromatic nitrogens is 3. The minimum Gasteiger partial charge on any atom is -0.383 e. The van der Waals surface area contributed by atoms with E-state index in [1.165, 1.54) is 0 Å². The van der Waals surface area contributed by atoms with Gasteiger partial charge in [-0.2, -0.15) is 0 Å². The molecular weight excluding hydrogens is 192 g/mol. The fraction of sp³-hybridized carbons (Fsp3) is 0.400. The number of pyridine rings is 1. The quantitative estimate of drug-likeness (QED) is 0.722. The molecule has 0 saturated heterocycles. The number of hydrogen-bond donors (Lipinski definition) is 1. The Bertz CT molecular complexity index is 426. The van der Waals surface area contributed by atoms with Crippen molar-refractivity contribution in [2.45, 2.75) is 6.54 Å². The van der Waals surface area contributed by atoms with Crippen LogP contribution < -0.4 is 5.32 Å². The van der Waals surface area contributed by atoms with Gasteiger partial charge in [0.05, 0.1) is 13.2 Å². The fourth-order valence-electron chi connectivity index (χ4n) is 1.39. The molecule has 5 heteroatoms. The molecule has 0 unspecified atom stereocenters. The number of methoxy groups -OCH3 is 1. The Morgan fingerprint density at radius 1 is 1.40 bits per heavy atom. The zero-order chi connectivity index (χ0) is 10.5. The van der Waals surface area contributed by atoms with Crippen LogP contribution in [0.2, 0.25) is 0 Å². The van der Waals surface area contributed by atoms with Gasteiger partial charge in [0.15, 0.2) is 11.5 Å². The Labute approximate surface area is 88.1 Å². The van der Waals surface area contributed by atoms with Gasteiger partial charge in [0.2, 0.25) is 0 Å². The predicted molar refractivity (Wildman–Crippen MR) is 56.6 cm³/mol. The average Bonchev–Trinajstić information content (AvgIpc) is 2.68. The van der Waals surface area contributed by atoms with E-state index in [4.69, 9.17) is 4.74 Å². The second-order valence-electron chi connectivity index (χ2n) is 3.21. The van der Waals surface area contributed by atoms with E-state index in [0.29, 0.717) is 13.2 Å². The Morgan fingerprint density at radius 2 is 2.33 bits per heavy atom. The van der Waals surface area contributed by atoms with Crippen LogP contribution in [-0.4, -0.2) is 34.9 Å². The molecule has 5 nitrogen and oxygen atoms in total. The van der Waals surface area contributed by atoms with Crippen LogP contribution in [0.15, 0.2) is 24.4 Å². The summed E-state index contributed by atoms with van der Waals surface area (Å²) in [6.07, 6.45) is 1.96. The minimum atomic E-state index is 0.703. The predicted octanol–water partition coefficient (Wildman–Crippen LogP) is 0.465. The first-order chi connectivity index (χ1) is 7.42. The summed E-state index contributed by atoms with van der Waals surface area (Å²) < 4.78 is 6.92. The summed E-state index contributed by atoms with van der Waals surface area (Å²) in [4.78, 5) is 0. The Morgan fingerprint density at radius 3 is 3.20 bits per heavy atom. The monoisotopic (exact) mass is 206 g/mol. The van der Waals surface area contributed by atoms with Crippen molar-refractivity contribution in [3.05, 3.63) is 30.2 Å². The van der Waals surface area contributed by atoms with Crippen molar-refractivity contribution in [1.82, 2.24) is 19.9 Å². The van der Waals surface area contributed by atoms with Crippen molar-refractivity contribution in [3.8, 4) is 0 Å². The van der Waals surface area contributed by atoms with Crippen molar-refractivity contribution >= 4 is 5.65 Å². The molecule has 2 aromatic rings. The largest absolute Gasteiger partial charge is 0.383 e. The Balaban J connectivity index is 2.02. The van der Waals surface area contributed by atoms with E-state index < -0.39 is 0 Å². The van der Waals surface area contributed by atoms with Crippen molar-refractivity contribution < 1.29 is 4.74 Å².